The Balaban J connectivity index is 1.92. The fourth-order valence-corrected chi connectivity index (χ4v) is 3.13. The number of benzene rings is 1. The second kappa shape index (κ2) is 4.88. The Morgan fingerprint density at radius 2 is 2.07 bits per heavy atom. The Hall–Kier alpha value is -0.700. The van der Waals surface area contributed by atoms with Crippen LogP contribution in [0.25, 0.3) is 0 Å². The minimum atomic E-state index is -0.182. The lowest BCUT2D eigenvalue weighted by atomic mass is 10.1. The maximum atomic E-state index is 13.4. The molecule has 0 aliphatic heterocycles. The molecule has 0 saturated heterocycles. The smallest absolute Gasteiger partial charge is 0.138 e. The Morgan fingerprint density at radius 1 is 1.33 bits per heavy atom. The molecule has 0 unspecified atom stereocenters. The van der Waals surface area contributed by atoms with Crippen molar-refractivity contribution in [3.05, 3.63) is 24.0 Å². The lowest BCUT2D eigenvalue weighted by Crippen LogP contribution is -1.97. The normalized spacial score (nSPS) is 17.1. The van der Waals surface area contributed by atoms with Crippen LogP contribution in [0, 0.1) is 11.7 Å². The van der Waals surface area contributed by atoms with Gasteiger partial charge in [0.25, 0.3) is 0 Å². The monoisotopic (exact) mass is 225 g/mol. The Bertz CT molecular complexity index is 334. The summed E-state index contributed by atoms with van der Waals surface area (Å²) in [5.41, 5.74) is 5.99. The molecular weight excluding hydrogens is 209 g/mol. The molecule has 0 atom stereocenters. The van der Waals surface area contributed by atoms with Crippen LogP contribution in [0.15, 0.2) is 23.1 Å². The highest BCUT2D eigenvalue weighted by Gasteiger charge is 2.15. The van der Waals surface area contributed by atoms with E-state index in [1.807, 2.05) is 0 Å². The lowest BCUT2D eigenvalue weighted by Gasteiger charge is -2.08. The SMILES string of the molecule is Nc1ccc(SCC2CCCC2)c(F)c1. The summed E-state index contributed by atoms with van der Waals surface area (Å²) >= 11 is 1.62. The number of hydrogen-bond acceptors (Lipinski definition) is 2. The summed E-state index contributed by atoms with van der Waals surface area (Å²) in [7, 11) is 0. The molecule has 1 aliphatic rings. The van der Waals surface area contributed by atoms with E-state index in [0.717, 1.165) is 16.6 Å². The number of halogens is 1. The predicted molar refractivity (Wildman–Crippen MR) is 63.5 cm³/mol. The second-order valence-electron chi connectivity index (χ2n) is 4.15. The van der Waals surface area contributed by atoms with Gasteiger partial charge in [0.05, 0.1) is 0 Å². The van der Waals surface area contributed by atoms with Crippen LogP contribution in [0.4, 0.5) is 10.1 Å². The van der Waals surface area contributed by atoms with Crippen LogP contribution in [0.5, 0.6) is 0 Å². The highest BCUT2D eigenvalue weighted by molar-refractivity contribution is 7.99. The minimum absolute atomic E-state index is 0.182. The van der Waals surface area contributed by atoms with Crippen LogP contribution < -0.4 is 5.73 Å². The molecule has 0 aromatic heterocycles. The zero-order valence-corrected chi connectivity index (χ0v) is 9.52. The molecule has 1 fully saturated rings. The van der Waals surface area contributed by atoms with Crippen LogP contribution >= 0.6 is 11.8 Å². The van der Waals surface area contributed by atoms with Crippen molar-refractivity contribution < 1.29 is 4.39 Å². The summed E-state index contributed by atoms with van der Waals surface area (Å²) in [6, 6.07) is 4.95. The molecule has 2 rings (SSSR count). The average molecular weight is 225 g/mol. The largest absolute Gasteiger partial charge is 0.399 e. The van der Waals surface area contributed by atoms with Crippen molar-refractivity contribution in [3.63, 3.8) is 0 Å². The first-order valence-corrected chi connectivity index (χ1v) is 6.42. The molecule has 15 heavy (non-hydrogen) atoms. The predicted octanol–water partition coefficient (Wildman–Crippen LogP) is 3.69. The van der Waals surface area contributed by atoms with Gasteiger partial charge in [-0.15, -0.1) is 11.8 Å². The van der Waals surface area contributed by atoms with Gasteiger partial charge in [-0.3, -0.25) is 0 Å². The first-order chi connectivity index (χ1) is 7.25. The quantitative estimate of drug-likeness (QED) is 0.627. The van der Waals surface area contributed by atoms with E-state index in [1.165, 1.54) is 31.7 Å². The summed E-state index contributed by atoms with van der Waals surface area (Å²) in [6.07, 6.45) is 5.30. The molecule has 1 saturated carbocycles. The first-order valence-electron chi connectivity index (χ1n) is 5.43. The van der Waals surface area contributed by atoms with Crippen LogP contribution in [0.1, 0.15) is 25.7 Å². The van der Waals surface area contributed by atoms with Gasteiger partial charge in [-0.25, -0.2) is 4.39 Å². The third kappa shape index (κ3) is 2.88. The fourth-order valence-electron chi connectivity index (χ4n) is 2.02. The van der Waals surface area contributed by atoms with E-state index in [0.29, 0.717) is 5.69 Å². The minimum Gasteiger partial charge on any atom is -0.399 e. The maximum Gasteiger partial charge on any atom is 0.138 e. The summed E-state index contributed by atoms with van der Waals surface area (Å²) < 4.78 is 13.4. The van der Waals surface area contributed by atoms with Crippen molar-refractivity contribution in [1.29, 1.82) is 0 Å². The fraction of sp³-hybridized carbons (Fsp3) is 0.500. The number of anilines is 1. The molecule has 3 heteroatoms. The molecule has 0 radical (unpaired) electrons. The van der Waals surface area contributed by atoms with E-state index in [2.05, 4.69) is 0 Å². The molecule has 1 nitrogen and oxygen atoms in total. The van der Waals surface area contributed by atoms with E-state index in [1.54, 1.807) is 23.9 Å². The number of hydrogen-bond donors (Lipinski definition) is 1. The van der Waals surface area contributed by atoms with Gasteiger partial charge >= 0.3 is 0 Å². The highest BCUT2D eigenvalue weighted by Crippen LogP contribution is 2.32. The van der Waals surface area contributed by atoms with Gasteiger partial charge in [-0.2, -0.15) is 0 Å². The number of nitrogens with two attached hydrogens (primary N) is 1. The Kier molecular flexibility index (Phi) is 3.52. The van der Waals surface area contributed by atoms with Gasteiger partial charge in [0, 0.05) is 16.3 Å². The molecule has 0 amide bonds. The molecule has 0 heterocycles. The number of thioether (sulfide) groups is 1. The standard InChI is InChI=1S/C12H16FNS/c13-11-7-10(14)5-6-12(11)15-8-9-3-1-2-4-9/h5-7,9H,1-4,8,14H2. The first kappa shape index (κ1) is 10.8. The van der Waals surface area contributed by atoms with Crippen molar-refractivity contribution in [3.8, 4) is 0 Å². The number of rotatable bonds is 3. The zero-order valence-electron chi connectivity index (χ0n) is 8.71. The average Bonchev–Trinajstić information content (AvgIpc) is 2.69. The van der Waals surface area contributed by atoms with Crippen molar-refractivity contribution in [2.45, 2.75) is 30.6 Å². The molecule has 0 spiro atoms. The van der Waals surface area contributed by atoms with E-state index < -0.39 is 0 Å². The van der Waals surface area contributed by atoms with Crippen LogP contribution in [-0.4, -0.2) is 5.75 Å². The van der Waals surface area contributed by atoms with Crippen molar-refractivity contribution >= 4 is 17.4 Å². The second-order valence-corrected chi connectivity index (χ2v) is 5.21. The van der Waals surface area contributed by atoms with Crippen molar-refractivity contribution in [2.24, 2.45) is 5.92 Å². The van der Waals surface area contributed by atoms with Gasteiger partial charge in [-0.05, 0) is 37.0 Å². The van der Waals surface area contributed by atoms with E-state index in [9.17, 15) is 4.39 Å². The number of nitrogen functional groups attached to an aromatic ring is 1. The highest BCUT2D eigenvalue weighted by atomic mass is 32.2. The van der Waals surface area contributed by atoms with Gasteiger partial charge in [0.1, 0.15) is 5.82 Å². The van der Waals surface area contributed by atoms with Gasteiger partial charge < -0.3 is 5.73 Å². The molecule has 1 aromatic rings. The van der Waals surface area contributed by atoms with E-state index in [-0.39, 0.29) is 5.82 Å². The van der Waals surface area contributed by atoms with Gasteiger partial charge in [0.2, 0.25) is 0 Å². The van der Waals surface area contributed by atoms with E-state index >= 15 is 0 Å². The van der Waals surface area contributed by atoms with Gasteiger partial charge in [-0.1, -0.05) is 12.8 Å². The van der Waals surface area contributed by atoms with E-state index in [4.69, 9.17) is 5.73 Å². The summed E-state index contributed by atoms with van der Waals surface area (Å²) in [6.45, 7) is 0. The van der Waals surface area contributed by atoms with Gasteiger partial charge in [0.15, 0.2) is 0 Å². The lowest BCUT2D eigenvalue weighted by molar-refractivity contribution is 0.599. The van der Waals surface area contributed by atoms with Crippen molar-refractivity contribution in [1.82, 2.24) is 0 Å². The molecule has 1 aliphatic carbocycles. The molecule has 82 valence electrons. The van der Waals surface area contributed by atoms with Crippen LogP contribution in [0.2, 0.25) is 0 Å². The summed E-state index contributed by atoms with van der Waals surface area (Å²) in [4.78, 5) is 0.733. The Labute approximate surface area is 94.2 Å². The topological polar surface area (TPSA) is 26.0 Å². The molecule has 1 aromatic carbocycles. The molecule has 0 bridgehead atoms. The molecular formula is C12H16FNS. The zero-order chi connectivity index (χ0) is 10.7. The summed E-state index contributed by atoms with van der Waals surface area (Å²) in [5, 5.41) is 0. The Morgan fingerprint density at radius 3 is 2.73 bits per heavy atom. The third-order valence-corrected chi connectivity index (χ3v) is 4.19. The summed E-state index contributed by atoms with van der Waals surface area (Å²) in [5.74, 6) is 1.64. The van der Waals surface area contributed by atoms with Crippen LogP contribution in [0.3, 0.4) is 0 Å². The maximum absolute atomic E-state index is 13.4. The van der Waals surface area contributed by atoms with Crippen molar-refractivity contribution in [2.75, 3.05) is 11.5 Å². The van der Waals surface area contributed by atoms with Crippen LogP contribution in [-0.2, 0) is 0 Å². The third-order valence-electron chi connectivity index (χ3n) is 2.91. The molecule has 2 N–H and O–H groups in total.